The average molecular weight is 270 g/mol. The van der Waals surface area contributed by atoms with Crippen molar-refractivity contribution in [3.8, 4) is 0 Å². The Morgan fingerprint density at radius 3 is 1.95 bits per heavy atom. The van der Waals surface area contributed by atoms with Gasteiger partial charge in [0, 0.05) is 12.1 Å². The Balaban J connectivity index is 3.33. The van der Waals surface area contributed by atoms with Crippen molar-refractivity contribution in [3.63, 3.8) is 0 Å². The predicted octanol–water partition coefficient (Wildman–Crippen LogP) is 3.05. The van der Waals surface area contributed by atoms with E-state index in [1.165, 1.54) is 5.06 Å². The Labute approximate surface area is 117 Å². The lowest BCUT2D eigenvalue weighted by Gasteiger charge is -2.58. The van der Waals surface area contributed by atoms with Crippen LogP contribution < -0.4 is 0 Å². The molecule has 1 atom stereocenters. The van der Waals surface area contributed by atoms with Crippen LogP contribution >= 0.6 is 0 Å². The van der Waals surface area contributed by atoms with E-state index in [-0.39, 0.29) is 17.0 Å². The fourth-order valence-corrected chi connectivity index (χ4v) is 2.95. The van der Waals surface area contributed by atoms with Crippen molar-refractivity contribution in [2.45, 2.75) is 84.3 Å². The second-order valence-electron chi connectivity index (χ2n) is 6.93. The molecule has 4 heteroatoms. The van der Waals surface area contributed by atoms with Crippen LogP contribution in [0.4, 0.5) is 0 Å². The van der Waals surface area contributed by atoms with Gasteiger partial charge in [-0.25, -0.2) is 0 Å². The highest BCUT2D eigenvalue weighted by Gasteiger charge is 2.56. The van der Waals surface area contributed by atoms with Crippen LogP contribution in [-0.2, 0) is 4.79 Å². The molecule has 4 nitrogen and oxygen atoms in total. The predicted molar refractivity (Wildman–Crippen MR) is 77.1 cm³/mol. The summed E-state index contributed by atoms with van der Waals surface area (Å²) < 4.78 is 0. The molecule has 0 aromatic rings. The van der Waals surface area contributed by atoms with Crippen LogP contribution in [0, 0.1) is 0 Å². The van der Waals surface area contributed by atoms with E-state index in [4.69, 9.17) is 0 Å². The molecule has 1 heterocycles. The average Bonchev–Trinajstić information content (AvgIpc) is 2.36. The van der Waals surface area contributed by atoms with Crippen LogP contribution in [0.5, 0.6) is 0 Å². The van der Waals surface area contributed by atoms with Crippen LogP contribution in [-0.4, -0.2) is 44.2 Å². The molecule has 0 radical (unpaired) electrons. The summed E-state index contributed by atoms with van der Waals surface area (Å²) in [4.78, 5) is 14.7. The van der Waals surface area contributed by atoms with Crippen molar-refractivity contribution >= 4 is 5.91 Å². The first-order valence-electron chi connectivity index (χ1n) is 7.40. The molecule has 0 aromatic carbocycles. The SMILES string of the molecule is CCC1(CC)CN(C(C)(C)C)C(=O)C(C)(CC)N1O. The van der Waals surface area contributed by atoms with Gasteiger partial charge in [0.2, 0.25) is 5.91 Å². The summed E-state index contributed by atoms with van der Waals surface area (Å²) in [5.74, 6) is 0.0301. The Morgan fingerprint density at radius 1 is 1.16 bits per heavy atom. The number of hydrogen-bond donors (Lipinski definition) is 1. The molecule has 1 N–H and O–H groups in total. The molecule has 1 aliphatic rings. The van der Waals surface area contributed by atoms with Crippen LogP contribution in [0.2, 0.25) is 0 Å². The van der Waals surface area contributed by atoms with E-state index >= 15 is 0 Å². The van der Waals surface area contributed by atoms with Gasteiger partial charge in [-0.3, -0.25) is 4.79 Å². The van der Waals surface area contributed by atoms with E-state index in [0.717, 1.165) is 12.8 Å². The second-order valence-corrected chi connectivity index (χ2v) is 6.93. The molecule has 0 saturated carbocycles. The largest absolute Gasteiger partial charge is 0.334 e. The van der Waals surface area contributed by atoms with E-state index in [9.17, 15) is 10.0 Å². The smallest absolute Gasteiger partial charge is 0.245 e. The first-order valence-corrected chi connectivity index (χ1v) is 7.40. The van der Waals surface area contributed by atoms with Gasteiger partial charge in [-0.05, 0) is 47.0 Å². The van der Waals surface area contributed by atoms with Gasteiger partial charge >= 0.3 is 0 Å². The Morgan fingerprint density at radius 2 is 1.63 bits per heavy atom. The van der Waals surface area contributed by atoms with Crippen LogP contribution in [0.25, 0.3) is 0 Å². The summed E-state index contributed by atoms with van der Waals surface area (Å²) in [6.45, 7) is 14.8. The lowest BCUT2D eigenvalue weighted by atomic mass is 9.79. The van der Waals surface area contributed by atoms with Gasteiger partial charge < -0.3 is 10.1 Å². The van der Waals surface area contributed by atoms with Crippen molar-refractivity contribution in [3.05, 3.63) is 0 Å². The molecule has 19 heavy (non-hydrogen) atoms. The van der Waals surface area contributed by atoms with Gasteiger partial charge in [-0.2, -0.15) is 5.06 Å². The highest BCUT2D eigenvalue weighted by atomic mass is 16.5. The first-order chi connectivity index (χ1) is 8.59. The molecular weight excluding hydrogens is 240 g/mol. The Kier molecular flexibility index (Phi) is 4.38. The van der Waals surface area contributed by atoms with Gasteiger partial charge in [-0.15, -0.1) is 0 Å². The van der Waals surface area contributed by atoms with E-state index < -0.39 is 5.54 Å². The number of carbonyl (C=O) groups excluding carboxylic acids is 1. The summed E-state index contributed by atoms with van der Waals surface area (Å²) >= 11 is 0. The molecule has 1 saturated heterocycles. The maximum absolute atomic E-state index is 12.8. The van der Waals surface area contributed by atoms with Crippen molar-refractivity contribution in [1.29, 1.82) is 0 Å². The minimum absolute atomic E-state index is 0.0301. The maximum atomic E-state index is 12.8. The first kappa shape index (κ1) is 16.4. The fourth-order valence-electron chi connectivity index (χ4n) is 2.95. The summed E-state index contributed by atoms with van der Waals surface area (Å²) in [7, 11) is 0. The zero-order chi connectivity index (χ0) is 15.1. The third-order valence-electron chi connectivity index (χ3n) is 4.89. The van der Waals surface area contributed by atoms with Crippen LogP contribution in [0.3, 0.4) is 0 Å². The lowest BCUT2D eigenvalue weighted by molar-refractivity contribution is -0.267. The third kappa shape index (κ3) is 2.40. The van der Waals surface area contributed by atoms with Crippen molar-refractivity contribution in [2.75, 3.05) is 6.54 Å². The fraction of sp³-hybridized carbons (Fsp3) is 0.933. The van der Waals surface area contributed by atoms with Crippen molar-refractivity contribution in [2.24, 2.45) is 0 Å². The van der Waals surface area contributed by atoms with Gasteiger partial charge in [0.05, 0.1) is 5.54 Å². The Bertz CT molecular complexity index is 345. The van der Waals surface area contributed by atoms with Crippen LogP contribution in [0.15, 0.2) is 0 Å². The monoisotopic (exact) mass is 270 g/mol. The molecule has 0 aliphatic carbocycles. The number of hydrogen-bond acceptors (Lipinski definition) is 3. The third-order valence-corrected chi connectivity index (χ3v) is 4.89. The normalized spacial score (nSPS) is 28.8. The molecule has 1 unspecified atom stereocenters. The summed E-state index contributed by atoms with van der Waals surface area (Å²) in [5, 5.41) is 12.0. The number of rotatable bonds is 3. The minimum Gasteiger partial charge on any atom is -0.334 e. The molecule has 1 aliphatic heterocycles. The summed E-state index contributed by atoms with van der Waals surface area (Å²) in [6, 6.07) is 0. The number of amides is 1. The number of carbonyl (C=O) groups is 1. The minimum atomic E-state index is -0.822. The van der Waals surface area contributed by atoms with Gasteiger partial charge in [0.15, 0.2) is 0 Å². The van der Waals surface area contributed by atoms with Gasteiger partial charge in [0.25, 0.3) is 0 Å². The van der Waals surface area contributed by atoms with E-state index in [0.29, 0.717) is 13.0 Å². The van der Waals surface area contributed by atoms with Crippen LogP contribution in [0.1, 0.15) is 67.7 Å². The second kappa shape index (κ2) is 5.06. The molecule has 0 bridgehead atoms. The highest BCUT2D eigenvalue weighted by Crippen LogP contribution is 2.40. The molecule has 1 fully saturated rings. The molecule has 0 spiro atoms. The standard InChI is InChI=1S/C15H30N2O2/c1-8-14(7)12(18)16(13(4,5)6)11-15(9-2,10-3)17(14)19/h19H,8-11H2,1-7H3. The van der Waals surface area contributed by atoms with Crippen molar-refractivity contribution < 1.29 is 10.0 Å². The topological polar surface area (TPSA) is 43.8 Å². The van der Waals surface area contributed by atoms with E-state index in [2.05, 4.69) is 34.6 Å². The molecular formula is C15H30N2O2. The Hall–Kier alpha value is -0.610. The molecule has 1 rings (SSSR count). The quantitative estimate of drug-likeness (QED) is 0.857. The number of hydroxylamine groups is 2. The zero-order valence-electron chi connectivity index (χ0n) is 13.6. The maximum Gasteiger partial charge on any atom is 0.245 e. The van der Waals surface area contributed by atoms with Crippen molar-refractivity contribution in [1.82, 2.24) is 9.96 Å². The van der Waals surface area contributed by atoms with E-state index in [1.807, 2.05) is 18.7 Å². The summed E-state index contributed by atoms with van der Waals surface area (Å²) in [5.41, 5.74) is -1.38. The van der Waals surface area contributed by atoms with Gasteiger partial charge in [0.1, 0.15) is 5.54 Å². The summed E-state index contributed by atoms with van der Waals surface area (Å²) in [6.07, 6.45) is 2.27. The number of piperazine rings is 1. The number of nitrogens with zero attached hydrogens (tertiary/aromatic N) is 2. The molecule has 1 amide bonds. The lowest BCUT2D eigenvalue weighted by Crippen LogP contribution is -2.74. The molecule has 0 aromatic heterocycles. The highest BCUT2D eigenvalue weighted by molar-refractivity contribution is 5.87. The van der Waals surface area contributed by atoms with Gasteiger partial charge in [-0.1, -0.05) is 20.8 Å². The molecule has 112 valence electrons. The zero-order valence-corrected chi connectivity index (χ0v) is 13.6. The van der Waals surface area contributed by atoms with E-state index in [1.54, 1.807) is 0 Å².